The Hall–Kier alpha value is -1.68. The van der Waals surface area contributed by atoms with Crippen LogP contribution in [0.1, 0.15) is 36.5 Å². The molecule has 2 N–H and O–H groups in total. The van der Waals surface area contributed by atoms with Crippen LogP contribution in [0.25, 0.3) is 0 Å². The zero-order valence-corrected chi connectivity index (χ0v) is 14.2. The van der Waals surface area contributed by atoms with Crippen molar-refractivity contribution in [1.82, 2.24) is 0 Å². The fraction of sp³-hybridized carbons (Fsp3) is 0.429. The van der Waals surface area contributed by atoms with Crippen molar-refractivity contribution in [2.24, 2.45) is 0 Å². The van der Waals surface area contributed by atoms with Gasteiger partial charge in [0.1, 0.15) is 18.8 Å². The van der Waals surface area contributed by atoms with Gasteiger partial charge in [-0.3, -0.25) is 0 Å². The van der Waals surface area contributed by atoms with E-state index in [0.29, 0.717) is 6.61 Å². The molecule has 24 heavy (non-hydrogen) atoms. The third kappa shape index (κ3) is 4.91. The molecule has 0 bridgehead atoms. The normalized spacial score (nSPS) is 17.1. The molecule has 1 aliphatic rings. The number of piperidine rings is 1. The van der Waals surface area contributed by atoms with Crippen molar-refractivity contribution in [2.75, 3.05) is 26.2 Å². The van der Waals surface area contributed by atoms with Crippen molar-refractivity contribution >= 4 is 0 Å². The van der Waals surface area contributed by atoms with Gasteiger partial charge >= 0.3 is 0 Å². The Bertz CT molecular complexity index is 542. The van der Waals surface area contributed by atoms with Crippen molar-refractivity contribution < 1.29 is 14.7 Å². The van der Waals surface area contributed by atoms with Gasteiger partial charge in [0, 0.05) is 0 Å². The molecule has 1 atom stereocenters. The number of quaternary nitrogens is 1. The second-order valence-electron chi connectivity index (χ2n) is 6.70. The van der Waals surface area contributed by atoms with E-state index in [2.05, 4.69) is 24.3 Å². The highest BCUT2D eigenvalue weighted by molar-refractivity contribution is 5.29. The van der Waals surface area contributed by atoms with E-state index in [0.717, 1.165) is 17.7 Å². The fourth-order valence-electron chi connectivity index (χ4n) is 3.50. The maximum atomic E-state index is 10.4. The molecule has 128 valence electrons. The minimum atomic E-state index is -0.409. The predicted molar refractivity (Wildman–Crippen MR) is 96.1 cm³/mol. The number of hydrogen-bond acceptors (Lipinski definition) is 2. The molecule has 1 heterocycles. The van der Waals surface area contributed by atoms with Crippen LogP contribution < -0.4 is 4.90 Å². The van der Waals surface area contributed by atoms with Crippen LogP contribution >= 0.6 is 0 Å². The highest BCUT2D eigenvalue weighted by Gasteiger charge is 2.21. The van der Waals surface area contributed by atoms with Gasteiger partial charge in [0.25, 0.3) is 0 Å². The standard InChI is InChI=1S/C21H27NO2/c23-20(16-22-14-8-3-9-15-22)17-24-21(18-10-4-1-5-11-18)19-12-6-2-7-13-19/h1-2,4-7,10-13,20-21,23H,3,8-9,14-17H2/p+1/t20-/m1/s1. The van der Waals surface area contributed by atoms with E-state index in [4.69, 9.17) is 4.74 Å². The van der Waals surface area contributed by atoms with Crippen LogP contribution in [-0.4, -0.2) is 37.5 Å². The Kier molecular flexibility index (Phi) is 6.41. The maximum absolute atomic E-state index is 10.4. The lowest BCUT2D eigenvalue weighted by Gasteiger charge is -2.26. The molecule has 3 heteroatoms. The summed E-state index contributed by atoms with van der Waals surface area (Å²) in [5.74, 6) is 0. The van der Waals surface area contributed by atoms with Gasteiger partial charge in [0.2, 0.25) is 0 Å². The summed E-state index contributed by atoms with van der Waals surface area (Å²) in [4.78, 5) is 1.51. The third-order valence-electron chi connectivity index (χ3n) is 4.74. The fourth-order valence-corrected chi connectivity index (χ4v) is 3.50. The van der Waals surface area contributed by atoms with Gasteiger partial charge in [0.05, 0.1) is 19.7 Å². The average Bonchev–Trinajstić information content (AvgIpc) is 2.64. The summed E-state index contributed by atoms with van der Waals surface area (Å²) >= 11 is 0. The van der Waals surface area contributed by atoms with Gasteiger partial charge in [-0.05, 0) is 30.4 Å². The smallest absolute Gasteiger partial charge is 0.126 e. The molecule has 2 aromatic rings. The molecule has 3 rings (SSSR count). The highest BCUT2D eigenvalue weighted by atomic mass is 16.5. The van der Waals surface area contributed by atoms with Crippen LogP contribution in [0, 0.1) is 0 Å². The Morgan fingerprint density at radius 1 is 0.833 bits per heavy atom. The van der Waals surface area contributed by atoms with Crippen LogP contribution in [0.5, 0.6) is 0 Å². The Morgan fingerprint density at radius 2 is 1.38 bits per heavy atom. The number of rotatable bonds is 7. The highest BCUT2D eigenvalue weighted by Crippen LogP contribution is 2.25. The lowest BCUT2D eigenvalue weighted by atomic mass is 10.0. The van der Waals surface area contributed by atoms with Crippen molar-refractivity contribution in [1.29, 1.82) is 0 Å². The van der Waals surface area contributed by atoms with Crippen LogP contribution in [0.3, 0.4) is 0 Å². The first kappa shape index (κ1) is 17.2. The first-order valence-electron chi connectivity index (χ1n) is 9.06. The van der Waals surface area contributed by atoms with E-state index >= 15 is 0 Å². The number of aliphatic hydroxyl groups excluding tert-OH is 1. The molecule has 1 aliphatic heterocycles. The Balaban J connectivity index is 1.62. The average molecular weight is 326 g/mol. The summed E-state index contributed by atoms with van der Waals surface area (Å²) in [5, 5.41) is 10.4. The molecule has 0 unspecified atom stereocenters. The van der Waals surface area contributed by atoms with Crippen molar-refractivity contribution in [3.8, 4) is 0 Å². The minimum Gasteiger partial charge on any atom is -0.385 e. The van der Waals surface area contributed by atoms with Crippen LogP contribution in [0.4, 0.5) is 0 Å². The zero-order chi connectivity index (χ0) is 16.6. The molecule has 1 fully saturated rings. The number of nitrogens with one attached hydrogen (secondary N) is 1. The zero-order valence-electron chi connectivity index (χ0n) is 14.2. The third-order valence-corrected chi connectivity index (χ3v) is 4.74. The van der Waals surface area contributed by atoms with Crippen LogP contribution in [0.15, 0.2) is 60.7 Å². The molecular weight excluding hydrogens is 298 g/mol. The van der Waals surface area contributed by atoms with Crippen LogP contribution in [0.2, 0.25) is 0 Å². The van der Waals surface area contributed by atoms with Gasteiger partial charge in [-0.2, -0.15) is 0 Å². The van der Waals surface area contributed by atoms with Gasteiger partial charge < -0.3 is 14.7 Å². The summed E-state index contributed by atoms with van der Waals surface area (Å²) in [6.07, 6.45) is 3.35. The van der Waals surface area contributed by atoms with Crippen molar-refractivity contribution in [3.63, 3.8) is 0 Å². The molecule has 3 nitrogen and oxygen atoms in total. The first-order valence-corrected chi connectivity index (χ1v) is 9.06. The molecule has 0 aromatic heterocycles. The van der Waals surface area contributed by atoms with E-state index in [1.54, 1.807) is 0 Å². The molecule has 0 saturated carbocycles. The van der Waals surface area contributed by atoms with Gasteiger partial charge in [-0.15, -0.1) is 0 Å². The maximum Gasteiger partial charge on any atom is 0.126 e. The molecular formula is C21H28NO2+. The van der Waals surface area contributed by atoms with Crippen molar-refractivity contribution in [3.05, 3.63) is 71.8 Å². The number of hydrogen-bond donors (Lipinski definition) is 2. The summed E-state index contributed by atoms with van der Waals surface area (Å²) in [5.41, 5.74) is 2.25. The SMILES string of the molecule is O[C@@H](COC(c1ccccc1)c1ccccc1)C[NH+]1CCCCC1. The topological polar surface area (TPSA) is 33.9 Å². The monoisotopic (exact) mass is 326 g/mol. The molecule has 0 aliphatic carbocycles. The molecule has 0 spiro atoms. The lowest BCUT2D eigenvalue weighted by Crippen LogP contribution is -3.14. The number of benzene rings is 2. The number of likely N-dealkylation sites (tertiary alicyclic amines) is 1. The summed E-state index contributed by atoms with van der Waals surface area (Å²) in [6.45, 7) is 3.52. The molecule has 0 amide bonds. The van der Waals surface area contributed by atoms with Crippen LogP contribution in [-0.2, 0) is 4.74 Å². The summed E-state index contributed by atoms with van der Waals surface area (Å²) in [6, 6.07) is 20.5. The predicted octanol–water partition coefficient (Wildman–Crippen LogP) is 2.22. The number of ether oxygens (including phenoxy) is 1. The Morgan fingerprint density at radius 3 is 1.92 bits per heavy atom. The van der Waals surface area contributed by atoms with Gasteiger partial charge in [-0.25, -0.2) is 0 Å². The van der Waals surface area contributed by atoms with Gasteiger partial charge in [-0.1, -0.05) is 60.7 Å². The minimum absolute atomic E-state index is 0.126. The molecule has 1 saturated heterocycles. The second kappa shape index (κ2) is 8.97. The quantitative estimate of drug-likeness (QED) is 0.818. The van der Waals surface area contributed by atoms with E-state index in [1.165, 1.54) is 37.3 Å². The lowest BCUT2D eigenvalue weighted by molar-refractivity contribution is -0.908. The number of aliphatic hydroxyl groups is 1. The van der Waals surface area contributed by atoms with Gasteiger partial charge in [0.15, 0.2) is 0 Å². The van der Waals surface area contributed by atoms with E-state index < -0.39 is 6.10 Å². The largest absolute Gasteiger partial charge is 0.385 e. The Labute approximate surface area is 144 Å². The van der Waals surface area contributed by atoms with E-state index in [9.17, 15) is 5.11 Å². The van der Waals surface area contributed by atoms with Crippen molar-refractivity contribution in [2.45, 2.75) is 31.5 Å². The second-order valence-corrected chi connectivity index (χ2v) is 6.70. The molecule has 2 aromatic carbocycles. The molecule has 0 radical (unpaired) electrons. The summed E-state index contributed by atoms with van der Waals surface area (Å²) < 4.78 is 6.15. The van der Waals surface area contributed by atoms with E-state index in [-0.39, 0.29) is 6.10 Å². The first-order chi connectivity index (χ1) is 11.8. The summed E-state index contributed by atoms with van der Waals surface area (Å²) in [7, 11) is 0. The van der Waals surface area contributed by atoms with E-state index in [1.807, 2.05) is 36.4 Å².